The van der Waals surface area contributed by atoms with Crippen molar-refractivity contribution in [2.45, 2.75) is 139 Å². The molecular weight excluding hydrogens is 723 g/mol. The smallest absolute Gasteiger partial charge is 0.407 e. The molecule has 0 spiro atoms. The van der Waals surface area contributed by atoms with Crippen LogP contribution in [0.25, 0.3) is 0 Å². The third-order valence-electron chi connectivity index (χ3n) is 10.2. The van der Waals surface area contributed by atoms with Gasteiger partial charge >= 0.3 is 6.09 Å². The van der Waals surface area contributed by atoms with E-state index < -0.39 is 45.9 Å². The highest BCUT2D eigenvalue weighted by Gasteiger charge is 2.49. The molecule has 0 bridgehead atoms. The maximum Gasteiger partial charge on any atom is 0.407 e. The van der Waals surface area contributed by atoms with Crippen LogP contribution in [0.2, 0.25) is 0 Å². The summed E-state index contributed by atoms with van der Waals surface area (Å²) in [5.41, 5.74) is -0.258. The van der Waals surface area contributed by atoms with E-state index in [2.05, 4.69) is 36.8 Å². The Hall–Kier alpha value is -3.40. The molecule has 7 N–H and O–H groups in total. The fourth-order valence-electron chi connectivity index (χ4n) is 7.69. The summed E-state index contributed by atoms with van der Waals surface area (Å²) in [6.07, 6.45) is 3.93. The van der Waals surface area contributed by atoms with E-state index in [-0.39, 0.29) is 61.9 Å². The predicted molar refractivity (Wildman–Crippen MR) is 214 cm³/mol. The summed E-state index contributed by atoms with van der Waals surface area (Å²) in [5.74, 6) is -0.213. The number of thioether (sulfide) groups is 1. The molecular formula is C40H65N7O7S. The summed E-state index contributed by atoms with van der Waals surface area (Å²) in [6.45, 7) is 16.1. The first-order chi connectivity index (χ1) is 25.7. The summed E-state index contributed by atoms with van der Waals surface area (Å²) in [5, 5.41) is 28.2. The second-order valence-corrected chi connectivity index (χ2v) is 19.6. The molecule has 1 aromatic carbocycles. The van der Waals surface area contributed by atoms with Crippen LogP contribution < -0.4 is 31.9 Å². The van der Waals surface area contributed by atoms with Gasteiger partial charge in [-0.1, -0.05) is 49.6 Å². The quantitative estimate of drug-likeness (QED) is 0.138. The molecule has 2 aliphatic heterocycles. The number of aliphatic hydroxyl groups excluding tert-OH is 1. The number of rotatable bonds is 14. The van der Waals surface area contributed by atoms with E-state index in [9.17, 15) is 29.1 Å². The van der Waals surface area contributed by atoms with Gasteiger partial charge in [0.25, 0.3) is 0 Å². The van der Waals surface area contributed by atoms with Gasteiger partial charge in [-0.05, 0) is 85.6 Å². The van der Waals surface area contributed by atoms with Crippen molar-refractivity contribution in [2.75, 3.05) is 32.7 Å². The Morgan fingerprint density at radius 1 is 0.945 bits per heavy atom. The number of nitrogens with one attached hydrogen (secondary N) is 6. The van der Waals surface area contributed by atoms with E-state index in [0.29, 0.717) is 11.8 Å². The second-order valence-electron chi connectivity index (χ2n) is 17.8. The van der Waals surface area contributed by atoms with Gasteiger partial charge in [0.2, 0.25) is 23.6 Å². The Labute approximate surface area is 331 Å². The average molecular weight is 788 g/mol. The Morgan fingerprint density at radius 3 is 2.25 bits per heavy atom. The topological polar surface area (TPSA) is 190 Å². The molecule has 7 atom stereocenters. The lowest BCUT2D eigenvalue weighted by molar-refractivity contribution is -0.133. The standard InChI is InChI=1S/C40H65N7O7S/c1-38(2,3)46-33(50)29-21-26-16-12-13-17-27(26)23-47(29)24-28(48)22-43-35(52)32-40(7,8)55-36(45-32)31(44-30(49)20-25-14-10-9-11-15-25)34(51)41-18-19-42-37(53)54-39(4,5)6/h9-11,14-15,26-29,31-32,36,45,48H,12-13,16-24H2,1-8H3,(H,41,51)(H,42,53)(H,43,52)(H,44,49)(H,46,50)/t26-,27+,28?,29-,31+,32-,36+/m0/s1. The number of likely N-dealkylation sites (tertiary alicyclic amines) is 1. The van der Waals surface area contributed by atoms with Crippen molar-refractivity contribution in [3.8, 4) is 0 Å². The number of fused-ring (bicyclic) bond motifs is 1. The number of ether oxygens (including phenoxy) is 1. The number of amides is 5. The van der Waals surface area contributed by atoms with E-state index in [1.54, 1.807) is 20.8 Å². The van der Waals surface area contributed by atoms with Crippen LogP contribution in [0.1, 0.15) is 93.1 Å². The van der Waals surface area contributed by atoms with Crippen LogP contribution in [0.3, 0.4) is 0 Å². The van der Waals surface area contributed by atoms with Crippen LogP contribution in [-0.4, -0.2) is 118 Å². The molecule has 1 aliphatic carbocycles. The van der Waals surface area contributed by atoms with Gasteiger partial charge < -0.3 is 36.4 Å². The minimum atomic E-state index is -1.05. The zero-order chi connectivity index (χ0) is 40.6. The maximum absolute atomic E-state index is 13.7. The lowest BCUT2D eigenvalue weighted by atomic mass is 9.72. The van der Waals surface area contributed by atoms with Crippen molar-refractivity contribution < 1.29 is 33.8 Å². The monoisotopic (exact) mass is 787 g/mol. The van der Waals surface area contributed by atoms with Crippen LogP contribution >= 0.6 is 11.8 Å². The van der Waals surface area contributed by atoms with Crippen molar-refractivity contribution in [1.29, 1.82) is 0 Å². The molecule has 2 heterocycles. The van der Waals surface area contributed by atoms with Crippen molar-refractivity contribution in [3.05, 3.63) is 35.9 Å². The molecule has 3 aliphatic rings. The van der Waals surface area contributed by atoms with Gasteiger partial charge in [0.1, 0.15) is 17.7 Å². The Balaban J connectivity index is 1.38. The molecule has 0 radical (unpaired) electrons. The van der Waals surface area contributed by atoms with E-state index in [0.717, 1.165) is 31.4 Å². The number of β-amino-alcohol motifs (C(OH)–C–C–N with tert-alkyl or cyclic N) is 1. The van der Waals surface area contributed by atoms with E-state index in [1.165, 1.54) is 24.6 Å². The van der Waals surface area contributed by atoms with Gasteiger partial charge in [-0.2, -0.15) is 0 Å². The molecule has 55 heavy (non-hydrogen) atoms. The number of nitrogens with zero attached hydrogens (tertiary/aromatic N) is 1. The summed E-state index contributed by atoms with van der Waals surface area (Å²) in [6, 6.07) is 7.04. The van der Waals surface area contributed by atoms with Crippen molar-refractivity contribution in [2.24, 2.45) is 11.8 Å². The van der Waals surface area contributed by atoms with E-state index >= 15 is 0 Å². The van der Waals surface area contributed by atoms with Crippen LogP contribution in [0.4, 0.5) is 4.79 Å². The van der Waals surface area contributed by atoms with Gasteiger partial charge in [-0.3, -0.25) is 29.4 Å². The fraction of sp³-hybridized carbons (Fsp3) is 0.725. The number of hydrogen-bond donors (Lipinski definition) is 7. The third kappa shape index (κ3) is 13.9. The first kappa shape index (κ1) is 44.3. The average Bonchev–Trinajstić information content (AvgIpc) is 3.41. The predicted octanol–water partition coefficient (Wildman–Crippen LogP) is 2.44. The Bertz CT molecular complexity index is 1480. The number of benzene rings is 1. The largest absolute Gasteiger partial charge is 0.444 e. The summed E-state index contributed by atoms with van der Waals surface area (Å²) in [4.78, 5) is 68.2. The van der Waals surface area contributed by atoms with Gasteiger partial charge in [0.15, 0.2) is 0 Å². The minimum absolute atomic E-state index is 0.0109. The zero-order valence-electron chi connectivity index (χ0n) is 34.0. The molecule has 5 amide bonds. The normalized spacial score (nSPS) is 25.1. The maximum atomic E-state index is 13.7. The lowest BCUT2D eigenvalue weighted by Gasteiger charge is -2.46. The molecule has 0 aromatic heterocycles. The second kappa shape index (κ2) is 19.2. The number of carbonyl (C=O) groups is 5. The molecule has 3 fully saturated rings. The highest BCUT2D eigenvalue weighted by atomic mass is 32.2. The van der Waals surface area contributed by atoms with Crippen molar-refractivity contribution in [1.82, 2.24) is 36.8 Å². The molecule has 1 aromatic rings. The van der Waals surface area contributed by atoms with Crippen LogP contribution in [-0.2, 0) is 30.3 Å². The number of carbonyl (C=O) groups excluding carboxylic acids is 5. The molecule has 308 valence electrons. The Kier molecular flexibility index (Phi) is 15.4. The van der Waals surface area contributed by atoms with Crippen LogP contribution in [0.5, 0.6) is 0 Å². The first-order valence-electron chi connectivity index (χ1n) is 19.7. The molecule has 1 unspecified atom stereocenters. The highest BCUT2D eigenvalue weighted by Crippen LogP contribution is 2.40. The number of alkyl carbamates (subject to hydrolysis) is 1. The lowest BCUT2D eigenvalue weighted by Crippen LogP contribution is -2.60. The SMILES string of the molecule is CC(C)(C)NC(=O)[C@@H]1C[C@@H]2CCCC[C@@H]2CN1CC(O)CNC(=O)[C@@H]1N[C@@H]([C@H](NC(=O)Cc2ccccc2)C(=O)NCCNC(=O)OC(C)(C)C)SC1(C)C. The summed E-state index contributed by atoms with van der Waals surface area (Å²) in [7, 11) is 0. The molecule has 2 saturated heterocycles. The van der Waals surface area contributed by atoms with Gasteiger partial charge in [-0.15, -0.1) is 11.8 Å². The van der Waals surface area contributed by atoms with Gasteiger partial charge in [0, 0.05) is 43.0 Å². The van der Waals surface area contributed by atoms with E-state index in [4.69, 9.17) is 4.74 Å². The Morgan fingerprint density at radius 2 is 1.60 bits per heavy atom. The molecule has 4 rings (SSSR count). The fourth-order valence-corrected chi connectivity index (χ4v) is 9.19. The van der Waals surface area contributed by atoms with Crippen molar-refractivity contribution >= 4 is 41.5 Å². The summed E-state index contributed by atoms with van der Waals surface area (Å²) < 4.78 is 4.56. The number of hydrogen-bond acceptors (Lipinski definition) is 10. The van der Waals surface area contributed by atoms with E-state index in [1.807, 2.05) is 65.0 Å². The first-order valence-corrected chi connectivity index (χ1v) is 20.6. The number of aliphatic hydroxyl groups is 1. The van der Waals surface area contributed by atoms with Crippen LogP contribution in [0.15, 0.2) is 30.3 Å². The van der Waals surface area contributed by atoms with Gasteiger partial charge in [-0.25, -0.2) is 4.79 Å². The summed E-state index contributed by atoms with van der Waals surface area (Å²) >= 11 is 1.37. The molecule has 15 heteroatoms. The zero-order valence-corrected chi connectivity index (χ0v) is 34.8. The third-order valence-corrected chi connectivity index (χ3v) is 11.7. The van der Waals surface area contributed by atoms with Crippen LogP contribution in [0, 0.1) is 11.8 Å². The van der Waals surface area contributed by atoms with Gasteiger partial charge in [0.05, 0.1) is 23.9 Å². The van der Waals surface area contributed by atoms with Crippen molar-refractivity contribution in [3.63, 3.8) is 0 Å². The highest BCUT2D eigenvalue weighted by molar-refractivity contribution is 8.01. The minimum Gasteiger partial charge on any atom is -0.444 e. The number of piperidine rings is 1. The molecule has 14 nitrogen and oxygen atoms in total. The molecule has 1 saturated carbocycles.